The average molecular weight is 347 g/mol. The van der Waals surface area contributed by atoms with Gasteiger partial charge in [0.15, 0.2) is 0 Å². The molecule has 2 heterocycles. The van der Waals surface area contributed by atoms with Gasteiger partial charge in [-0.25, -0.2) is 4.79 Å². The summed E-state index contributed by atoms with van der Waals surface area (Å²) in [7, 11) is 0.885. The van der Waals surface area contributed by atoms with E-state index in [0.717, 1.165) is 23.7 Å². The summed E-state index contributed by atoms with van der Waals surface area (Å²) in [6.45, 7) is 2.90. The van der Waals surface area contributed by atoms with E-state index in [0.29, 0.717) is 18.8 Å². The first-order valence-corrected chi connectivity index (χ1v) is 9.32. The van der Waals surface area contributed by atoms with Crippen LogP contribution in [-0.4, -0.2) is 57.4 Å². The van der Waals surface area contributed by atoms with Gasteiger partial charge in [0, 0.05) is 67.1 Å². The number of urea groups is 1. The fraction of sp³-hybridized carbons (Fsp3) is 0.375. The highest BCUT2D eigenvalue weighted by atomic mass is 32.2. The molecule has 8 heteroatoms. The normalized spacial score (nSPS) is 16.1. The number of hydrogen-bond acceptors (Lipinski definition) is 4. The SMILES string of the molecule is Cn1cc(N2CCN(C(=O)Nc3ccc(S(C)=O)cc3)CC2)cn1. The highest BCUT2D eigenvalue weighted by Gasteiger charge is 2.22. The summed E-state index contributed by atoms with van der Waals surface area (Å²) in [5, 5.41) is 7.07. The Morgan fingerprint density at radius 3 is 2.38 bits per heavy atom. The molecule has 1 N–H and O–H groups in total. The predicted molar refractivity (Wildman–Crippen MR) is 94.8 cm³/mol. The van der Waals surface area contributed by atoms with E-state index < -0.39 is 10.8 Å². The monoisotopic (exact) mass is 347 g/mol. The second kappa shape index (κ2) is 7.04. The summed E-state index contributed by atoms with van der Waals surface area (Å²) in [6.07, 6.45) is 5.46. The average Bonchev–Trinajstić information content (AvgIpc) is 3.02. The molecule has 1 aromatic carbocycles. The molecule has 24 heavy (non-hydrogen) atoms. The van der Waals surface area contributed by atoms with Crippen LogP contribution in [0.4, 0.5) is 16.2 Å². The molecule has 1 saturated heterocycles. The third kappa shape index (κ3) is 3.76. The molecule has 1 atom stereocenters. The van der Waals surface area contributed by atoms with Gasteiger partial charge in [-0.2, -0.15) is 5.10 Å². The van der Waals surface area contributed by atoms with E-state index >= 15 is 0 Å². The molecule has 7 nitrogen and oxygen atoms in total. The van der Waals surface area contributed by atoms with E-state index in [1.165, 1.54) is 0 Å². The number of nitrogens with zero attached hydrogens (tertiary/aromatic N) is 4. The second-order valence-electron chi connectivity index (χ2n) is 5.75. The molecule has 0 aliphatic carbocycles. The third-order valence-corrected chi connectivity index (χ3v) is 5.00. The predicted octanol–water partition coefficient (Wildman–Crippen LogP) is 1.51. The Balaban J connectivity index is 1.54. The first kappa shape index (κ1) is 16.5. The van der Waals surface area contributed by atoms with Gasteiger partial charge in [0.05, 0.1) is 11.9 Å². The Bertz CT molecular complexity index is 735. The number of hydrogen-bond donors (Lipinski definition) is 1. The Morgan fingerprint density at radius 2 is 1.83 bits per heavy atom. The zero-order chi connectivity index (χ0) is 17.1. The molecule has 0 radical (unpaired) electrons. The number of nitrogens with one attached hydrogen (secondary N) is 1. The lowest BCUT2D eigenvalue weighted by Gasteiger charge is -2.35. The van der Waals surface area contributed by atoms with Gasteiger partial charge in [-0.15, -0.1) is 0 Å². The molecule has 1 aromatic heterocycles. The Hall–Kier alpha value is -2.35. The van der Waals surface area contributed by atoms with Gasteiger partial charge in [-0.05, 0) is 24.3 Å². The van der Waals surface area contributed by atoms with Crippen LogP contribution in [0, 0.1) is 0 Å². The summed E-state index contributed by atoms with van der Waals surface area (Å²) in [5.74, 6) is 0. The number of aromatic nitrogens is 2. The molecule has 2 amide bonds. The zero-order valence-corrected chi connectivity index (χ0v) is 14.6. The smallest absolute Gasteiger partial charge is 0.321 e. The lowest BCUT2D eigenvalue weighted by molar-refractivity contribution is 0.208. The first-order chi connectivity index (χ1) is 11.5. The Labute approximate surface area is 143 Å². The molecule has 3 rings (SSSR count). The topological polar surface area (TPSA) is 70.5 Å². The Morgan fingerprint density at radius 1 is 1.17 bits per heavy atom. The molecule has 2 aromatic rings. The van der Waals surface area contributed by atoms with Crippen molar-refractivity contribution in [2.24, 2.45) is 7.05 Å². The van der Waals surface area contributed by atoms with E-state index in [-0.39, 0.29) is 6.03 Å². The van der Waals surface area contributed by atoms with Crippen molar-refractivity contribution in [1.82, 2.24) is 14.7 Å². The molecular formula is C16H21N5O2S. The van der Waals surface area contributed by atoms with Crippen LogP contribution < -0.4 is 10.2 Å². The molecule has 0 spiro atoms. The van der Waals surface area contributed by atoms with Gasteiger partial charge < -0.3 is 15.1 Å². The fourth-order valence-corrected chi connectivity index (χ4v) is 3.19. The number of aryl methyl sites for hydroxylation is 1. The van der Waals surface area contributed by atoms with Crippen LogP contribution in [0.1, 0.15) is 0 Å². The van der Waals surface area contributed by atoms with E-state index in [1.54, 1.807) is 40.1 Å². The van der Waals surface area contributed by atoms with Crippen molar-refractivity contribution in [3.8, 4) is 0 Å². The van der Waals surface area contributed by atoms with Crippen LogP contribution in [0.15, 0.2) is 41.6 Å². The minimum Gasteiger partial charge on any atom is -0.365 e. The van der Waals surface area contributed by atoms with Crippen LogP contribution >= 0.6 is 0 Å². The van der Waals surface area contributed by atoms with Gasteiger partial charge >= 0.3 is 6.03 Å². The van der Waals surface area contributed by atoms with Crippen molar-refractivity contribution in [2.75, 3.05) is 42.7 Å². The molecule has 0 saturated carbocycles. The molecule has 1 aliphatic rings. The maximum atomic E-state index is 12.4. The van der Waals surface area contributed by atoms with Crippen LogP contribution in [0.3, 0.4) is 0 Å². The first-order valence-electron chi connectivity index (χ1n) is 7.76. The van der Waals surface area contributed by atoms with Crippen molar-refractivity contribution in [2.45, 2.75) is 4.90 Å². The quantitative estimate of drug-likeness (QED) is 0.914. The van der Waals surface area contributed by atoms with Crippen molar-refractivity contribution < 1.29 is 9.00 Å². The fourth-order valence-electron chi connectivity index (χ4n) is 2.67. The summed E-state index contributed by atoms with van der Waals surface area (Å²) < 4.78 is 13.2. The lowest BCUT2D eigenvalue weighted by atomic mass is 10.3. The third-order valence-electron chi connectivity index (χ3n) is 4.06. The van der Waals surface area contributed by atoms with Crippen molar-refractivity contribution in [3.05, 3.63) is 36.7 Å². The van der Waals surface area contributed by atoms with Crippen molar-refractivity contribution in [3.63, 3.8) is 0 Å². The van der Waals surface area contributed by atoms with E-state index in [1.807, 2.05) is 19.4 Å². The zero-order valence-electron chi connectivity index (χ0n) is 13.8. The molecule has 1 unspecified atom stereocenters. The molecule has 1 aliphatic heterocycles. The summed E-state index contributed by atoms with van der Waals surface area (Å²) in [4.78, 5) is 17.1. The minimum atomic E-state index is -1.01. The van der Waals surface area contributed by atoms with Gasteiger partial charge in [0.25, 0.3) is 0 Å². The number of anilines is 2. The summed E-state index contributed by atoms with van der Waals surface area (Å²) in [5.41, 5.74) is 1.80. The van der Waals surface area contributed by atoms with E-state index in [2.05, 4.69) is 15.3 Å². The van der Waals surface area contributed by atoms with Crippen LogP contribution in [0.2, 0.25) is 0 Å². The van der Waals surface area contributed by atoms with Crippen molar-refractivity contribution in [1.29, 1.82) is 0 Å². The number of carbonyl (C=O) groups is 1. The maximum absolute atomic E-state index is 12.4. The summed E-state index contributed by atoms with van der Waals surface area (Å²) in [6, 6.07) is 6.99. The number of amides is 2. The lowest BCUT2D eigenvalue weighted by Crippen LogP contribution is -2.50. The highest BCUT2D eigenvalue weighted by Crippen LogP contribution is 2.16. The van der Waals surface area contributed by atoms with Gasteiger partial charge in [-0.1, -0.05) is 0 Å². The van der Waals surface area contributed by atoms with Crippen molar-refractivity contribution >= 4 is 28.2 Å². The van der Waals surface area contributed by atoms with Gasteiger partial charge in [0.2, 0.25) is 0 Å². The largest absolute Gasteiger partial charge is 0.365 e. The van der Waals surface area contributed by atoms with Crippen LogP contribution in [0.25, 0.3) is 0 Å². The number of benzene rings is 1. The molecule has 128 valence electrons. The maximum Gasteiger partial charge on any atom is 0.321 e. The highest BCUT2D eigenvalue weighted by molar-refractivity contribution is 7.84. The number of rotatable bonds is 3. The van der Waals surface area contributed by atoms with Crippen LogP contribution in [0.5, 0.6) is 0 Å². The molecule has 0 bridgehead atoms. The number of piperazine rings is 1. The number of carbonyl (C=O) groups excluding carboxylic acids is 1. The van der Waals surface area contributed by atoms with E-state index in [4.69, 9.17) is 0 Å². The molecule has 1 fully saturated rings. The van der Waals surface area contributed by atoms with Gasteiger partial charge in [0.1, 0.15) is 0 Å². The molecular weight excluding hydrogens is 326 g/mol. The summed E-state index contributed by atoms with van der Waals surface area (Å²) >= 11 is 0. The second-order valence-corrected chi connectivity index (χ2v) is 7.13. The Kier molecular flexibility index (Phi) is 4.84. The van der Waals surface area contributed by atoms with Gasteiger partial charge in [-0.3, -0.25) is 8.89 Å². The van der Waals surface area contributed by atoms with Crippen LogP contribution in [-0.2, 0) is 17.8 Å². The van der Waals surface area contributed by atoms with E-state index in [9.17, 15) is 9.00 Å². The standard InChI is InChI=1S/C16H21N5O2S/c1-19-12-14(11-17-19)20-7-9-21(10-8-20)16(22)18-13-3-5-15(6-4-13)24(2)23/h3-6,11-12H,7-10H2,1-2H3,(H,18,22). The minimum absolute atomic E-state index is 0.105.